The molecule has 2 unspecified atom stereocenters. The molecule has 34 heavy (non-hydrogen) atoms. The molecule has 2 aromatic rings. The number of aromatic nitrogens is 2. The predicted molar refractivity (Wildman–Crippen MR) is 134 cm³/mol. The fraction of sp³-hybridized carbons (Fsp3) is 0.630. The minimum atomic E-state index is 0.289. The number of nitrogens with zero attached hydrogens (tertiary/aromatic N) is 4. The third-order valence-corrected chi connectivity index (χ3v) is 7.36. The van der Waals surface area contributed by atoms with Gasteiger partial charge in [0.1, 0.15) is 5.75 Å². The Morgan fingerprint density at radius 3 is 2.97 bits per heavy atom. The van der Waals surface area contributed by atoms with Crippen LogP contribution in [-0.4, -0.2) is 77.9 Å². The molecule has 0 bridgehead atoms. The molecule has 0 aliphatic carbocycles. The van der Waals surface area contributed by atoms with Crippen molar-refractivity contribution < 1.29 is 14.8 Å². The van der Waals surface area contributed by atoms with E-state index >= 15 is 0 Å². The summed E-state index contributed by atoms with van der Waals surface area (Å²) in [4.78, 5) is 18.0. The van der Waals surface area contributed by atoms with E-state index in [1.54, 1.807) is 0 Å². The molecular formula is C27H42N5O2+. The van der Waals surface area contributed by atoms with Gasteiger partial charge in [0, 0.05) is 57.5 Å². The Kier molecular flexibility index (Phi) is 8.99. The number of hydrogen-bond acceptors (Lipinski definition) is 4. The number of rotatable bonds is 13. The zero-order chi connectivity index (χ0) is 23.8. The molecule has 1 aromatic heterocycles. The maximum atomic E-state index is 13.4. The Bertz CT molecular complexity index is 900. The van der Waals surface area contributed by atoms with Gasteiger partial charge in [-0.15, -0.1) is 0 Å². The summed E-state index contributed by atoms with van der Waals surface area (Å²) in [5.41, 5.74) is 2.73. The number of likely N-dealkylation sites (tertiary alicyclic amines) is 1. The fourth-order valence-corrected chi connectivity index (χ4v) is 5.36. The number of nitrogens with two attached hydrogens (primary N) is 1. The number of fused-ring (bicyclic) bond motifs is 1. The van der Waals surface area contributed by atoms with Crippen LogP contribution in [0.3, 0.4) is 0 Å². The lowest BCUT2D eigenvalue weighted by molar-refractivity contribution is -0.627. The summed E-state index contributed by atoms with van der Waals surface area (Å²) in [6, 6.07) is 9.09. The first-order valence-electron chi connectivity index (χ1n) is 13.2. The van der Waals surface area contributed by atoms with Crippen LogP contribution >= 0.6 is 0 Å². The van der Waals surface area contributed by atoms with Crippen molar-refractivity contribution in [2.24, 2.45) is 0 Å². The van der Waals surface area contributed by atoms with Crippen LogP contribution in [0.5, 0.6) is 5.75 Å². The van der Waals surface area contributed by atoms with Crippen LogP contribution in [0.2, 0.25) is 0 Å². The molecule has 7 nitrogen and oxygen atoms in total. The highest BCUT2D eigenvalue weighted by Crippen LogP contribution is 2.36. The highest BCUT2D eigenvalue weighted by molar-refractivity contribution is 5.78. The molecule has 1 aromatic carbocycles. The van der Waals surface area contributed by atoms with Crippen molar-refractivity contribution in [1.29, 1.82) is 0 Å². The van der Waals surface area contributed by atoms with Crippen LogP contribution in [0.1, 0.15) is 56.1 Å². The average Bonchev–Trinajstić information content (AvgIpc) is 3.60. The summed E-state index contributed by atoms with van der Waals surface area (Å²) in [6.45, 7) is 8.14. The molecule has 1 saturated heterocycles. The predicted octanol–water partition coefficient (Wildman–Crippen LogP) is 2.28. The summed E-state index contributed by atoms with van der Waals surface area (Å²) in [5, 5.41) is 6.58. The monoisotopic (exact) mass is 468 g/mol. The second-order valence-corrected chi connectivity index (χ2v) is 9.82. The molecule has 1 fully saturated rings. The smallest absolute Gasteiger partial charge is 0.236 e. The first-order valence-corrected chi connectivity index (χ1v) is 13.2. The third-order valence-electron chi connectivity index (χ3n) is 7.36. The normalized spacial score (nSPS) is 19.8. The quantitative estimate of drug-likeness (QED) is 0.458. The van der Waals surface area contributed by atoms with Crippen molar-refractivity contribution in [3.63, 3.8) is 0 Å². The lowest BCUT2D eigenvalue weighted by Crippen LogP contribution is -2.79. The first-order chi connectivity index (χ1) is 16.7. The molecule has 3 heterocycles. The second-order valence-electron chi connectivity index (χ2n) is 9.82. The van der Waals surface area contributed by atoms with Crippen molar-refractivity contribution in [3.8, 4) is 5.75 Å². The van der Waals surface area contributed by atoms with Gasteiger partial charge in [0.25, 0.3) is 0 Å². The van der Waals surface area contributed by atoms with Crippen LogP contribution in [0.4, 0.5) is 0 Å². The average molecular weight is 469 g/mol. The molecule has 2 aliphatic heterocycles. The van der Waals surface area contributed by atoms with E-state index in [9.17, 15) is 4.79 Å². The largest absolute Gasteiger partial charge is 0.493 e. The molecule has 7 heteroatoms. The Labute approximate surface area is 204 Å². The van der Waals surface area contributed by atoms with Crippen molar-refractivity contribution in [2.45, 2.75) is 64.0 Å². The maximum Gasteiger partial charge on any atom is 0.236 e. The Morgan fingerprint density at radius 2 is 2.18 bits per heavy atom. The third kappa shape index (κ3) is 6.39. The van der Waals surface area contributed by atoms with Gasteiger partial charge in [-0.25, -0.2) is 0 Å². The lowest BCUT2D eigenvalue weighted by atomic mass is 9.93. The Morgan fingerprint density at radius 1 is 1.29 bits per heavy atom. The van der Waals surface area contributed by atoms with E-state index in [2.05, 4.69) is 52.4 Å². The molecule has 2 aliphatic rings. The number of unbranched alkanes of at least 4 members (excludes halogenated alkanes) is 1. The fourth-order valence-electron chi connectivity index (χ4n) is 5.36. The van der Waals surface area contributed by atoms with E-state index in [1.165, 1.54) is 11.1 Å². The first kappa shape index (κ1) is 24.7. The van der Waals surface area contributed by atoms with Crippen molar-refractivity contribution in [3.05, 3.63) is 47.8 Å². The SMILES string of the molecule is CCCCN(CCC[NH2+]C)C(=O)CN1CC(c2ccc3c(c2)CCO3)CC1CCn1cccn1. The second kappa shape index (κ2) is 12.4. The highest BCUT2D eigenvalue weighted by Gasteiger charge is 2.35. The molecule has 1 amide bonds. The zero-order valence-corrected chi connectivity index (χ0v) is 21.0. The number of benzene rings is 1. The van der Waals surface area contributed by atoms with E-state index < -0.39 is 0 Å². The van der Waals surface area contributed by atoms with Crippen molar-refractivity contribution in [1.82, 2.24) is 19.6 Å². The molecule has 186 valence electrons. The molecular weight excluding hydrogens is 426 g/mol. The summed E-state index contributed by atoms with van der Waals surface area (Å²) >= 11 is 0. The van der Waals surface area contributed by atoms with Crippen LogP contribution in [0, 0.1) is 0 Å². The standard InChI is InChI=1S/C27H41N5O2/c1-3-4-13-30(14-5-11-28-2)27(33)21-31-20-24(19-25(31)9-16-32-15-6-12-29-32)22-7-8-26-23(18-22)10-17-34-26/h6-8,12,15,18,24-25,28H,3-5,9-11,13-14,16-17,19-21H2,1-2H3/p+1. The van der Waals surface area contributed by atoms with E-state index in [0.29, 0.717) is 18.5 Å². The minimum absolute atomic E-state index is 0.289. The van der Waals surface area contributed by atoms with E-state index in [-0.39, 0.29) is 5.91 Å². The number of carbonyl (C=O) groups is 1. The van der Waals surface area contributed by atoms with E-state index in [0.717, 1.165) is 83.6 Å². The van der Waals surface area contributed by atoms with E-state index in [4.69, 9.17) is 4.74 Å². The number of ether oxygens (including phenoxy) is 1. The molecule has 0 radical (unpaired) electrons. The highest BCUT2D eigenvalue weighted by atomic mass is 16.5. The number of quaternary nitrogens is 1. The minimum Gasteiger partial charge on any atom is -0.493 e. The number of hydrogen-bond donors (Lipinski definition) is 1. The van der Waals surface area contributed by atoms with Gasteiger partial charge >= 0.3 is 0 Å². The van der Waals surface area contributed by atoms with Crippen LogP contribution in [-0.2, 0) is 17.8 Å². The molecule has 4 rings (SSSR count). The van der Waals surface area contributed by atoms with Gasteiger partial charge in [-0.3, -0.25) is 14.4 Å². The number of amides is 1. The van der Waals surface area contributed by atoms with Gasteiger partial charge in [-0.05, 0) is 48.4 Å². The summed E-state index contributed by atoms with van der Waals surface area (Å²) in [6.07, 6.45) is 10.2. The molecule has 0 saturated carbocycles. The molecule has 2 atom stereocenters. The number of aryl methyl sites for hydroxylation is 1. The van der Waals surface area contributed by atoms with Gasteiger partial charge in [-0.2, -0.15) is 5.10 Å². The van der Waals surface area contributed by atoms with Gasteiger partial charge < -0.3 is 15.0 Å². The summed E-state index contributed by atoms with van der Waals surface area (Å²) in [7, 11) is 2.10. The van der Waals surface area contributed by atoms with E-state index in [1.807, 2.05) is 23.1 Å². The topological polar surface area (TPSA) is 67.2 Å². The number of carbonyl (C=O) groups excluding carboxylic acids is 1. The summed E-state index contributed by atoms with van der Waals surface area (Å²) in [5.74, 6) is 1.79. The maximum absolute atomic E-state index is 13.4. The van der Waals surface area contributed by atoms with Crippen LogP contribution in [0.25, 0.3) is 0 Å². The molecule has 2 N–H and O–H groups in total. The van der Waals surface area contributed by atoms with Crippen LogP contribution in [0.15, 0.2) is 36.7 Å². The van der Waals surface area contributed by atoms with Crippen molar-refractivity contribution in [2.75, 3.05) is 46.4 Å². The summed E-state index contributed by atoms with van der Waals surface area (Å²) < 4.78 is 7.73. The van der Waals surface area contributed by atoms with Gasteiger partial charge in [0.05, 0.1) is 26.7 Å². The Balaban J connectivity index is 1.44. The lowest BCUT2D eigenvalue weighted by Gasteiger charge is -2.28. The van der Waals surface area contributed by atoms with Gasteiger partial charge in [0.2, 0.25) is 5.91 Å². The van der Waals surface area contributed by atoms with Gasteiger partial charge in [0.15, 0.2) is 0 Å². The molecule has 0 spiro atoms. The Hall–Kier alpha value is -2.38. The van der Waals surface area contributed by atoms with Gasteiger partial charge in [-0.1, -0.05) is 25.5 Å². The zero-order valence-electron chi connectivity index (χ0n) is 21.0. The van der Waals surface area contributed by atoms with Crippen LogP contribution < -0.4 is 10.1 Å². The van der Waals surface area contributed by atoms with Crippen molar-refractivity contribution >= 4 is 5.91 Å².